The largest absolute Gasteiger partial charge is 0.512 e. The first-order valence-electron chi connectivity index (χ1n) is 10.9. The van der Waals surface area contributed by atoms with E-state index in [0.717, 1.165) is 33.8 Å². The van der Waals surface area contributed by atoms with E-state index in [9.17, 15) is 9.90 Å². The highest BCUT2D eigenvalue weighted by Crippen LogP contribution is 2.50. The van der Waals surface area contributed by atoms with Gasteiger partial charge in [0.1, 0.15) is 22.7 Å². The van der Waals surface area contributed by atoms with Crippen LogP contribution in [0, 0.1) is 0 Å². The van der Waals surface area contributed by atoms with Crippen molar-refractivity contribution < 1.29 is 19.4 Å². The zero-order valence-corrected chi connectivity index (χ0v) is 19.2. The number of allylic oxidation sites excluding steroid dienone is 4. The molecule has 0 fully saturated rings. The van der Waals surface area contributed by atoms with Crippen LogP contribution in [-0.2, 0) is 16.1 Å². The van der Waals surface area contributed by atoms with Crippen LogP contribution in [0.1, 0.15) is 31.4 Å². The molecular weight excluding hydrogens is 418 g/mol. The molecule has 0 unspecified atom stereocenters. The molecule has 7 nitrogen and oxygen atoms in total. The molecule has 2 heterocycles. The minimum atomic E-state index is -0.774. The van der Waals surface area contributed by atoms with Crippen molar-refractivity contribution in [2.24, 2.45) is 0 Å². The summed E-state index contributed by atoms with van der Waals surface area (Å²) < 4.78 is 11.3. The number of carbonyl (C=O) groups excluding carboxylic acids is 1. The van der Waals surface area contributed by atoms with Gasteiger partial charge in [0.25, 0.3) is 5.91 Å². The Morgan fingerprint density at radius 1 is 1.06 bits per heavy atom. The van der Waals surface area contributed by atoms with Crippen molar-refractivity contribution in [1.29, 1.82) is 0 Å². The summed E-state index contributed by atoms with van der Waals surface area (Å²) >= 11 is 0. The number of hydrogen-bond donors (Lipinski definition) is 2. The molecule has 2 aliphatic heterocycles. The standard InChI is InChI=1S/C26H27N3O4/c1-26(2)25(31)29-24-19(15-28(29)21-7-5-6-8-23(21)33-4)17(12-13-20(24)27-26)18-11-9-16(30)10-14-22(18)32-3/h5-9,11-14,27,30H,10,15H2,1-4H3. The molecule has 2 N–H and O–H groups in total. The maximum Gasteiger partial charge on any atom is 0.270 e. The third kappa shape index (κ3) is 3.23. The second-order valence-corrected chi connectivity index (χ2v) is 8.80. The van der Waals surface area contributed by atoms with Crippen molar-refractivity contribution in [3.05, 3.63) is 77.3 Å². The molecule has 2 aromatic carbocycles. The van der Waals surface area contributed by atoms with Crippen molar-refractivity contribution in [2.75, 3.05) is 29.6 Å². The molecule has 0 saturated carbocycles. The number of benzene rings is 2. The lowest BCUT2D eigenvalue weighted by molar-refractivity contribution is -0.122. The Hall–Kier alpha value is -3.87. The van der Waals surface area contributed by atoms with E-state index in [1.165, 1.54) is 0 Å². The molecule has 0 aromatic heterocycles. The van der Waals surface area contributed by atoms with Gasteiger partial charge < -0.3 is 19.9 Å². The highest BCUT2D eigenvalue weighted by atomic mass is 16.5. The van der Waals surface area contributed by atoms with Gasteiger partial charge in [-0.3, -0.25) is 9.80 Å². The number of nitrogens with one attached hydrogen (secondary N) is 1. The Balaban J connectivity index is 1.73. The van der Waals surface area contributed by atoms with Crippen molar-refractivity contribution in [1.82, 2.24) is 0 Å². The molecule has 1 amide bonds. The van der Waals surface area contributed by atoms with Gasteiger partial charge in [-0.2, -0.15) is 0 Å². The van der Waals surface area contributed by atoms with Crippen LogP contribution in [0.15, 0.2) is 66.1 Å². The van der Waals surface area contributed by atoms with E-state index < -0.39 is 5.54 Å². The quantitative estimate of drug-likeness (QED) is 0.695. The Morgan fingerprint density at radius 3 is 2.61 bits per heavy atom. The summed E-state index contributed by atoms with van der Waals surface area (Å²) in [6.07, 6.45) is 5.83. The van der Waals surface area contributed by atoms with Crippen LogP contribution >= 0.6 is 0 Å². The van der Waals surface area contributed by atoms with E-state index in [1.54, 1.807) is 25.3 Å². The average Bonchev–Trinajstić information content (AvgIpc) is 3.11. The Bertz CT molecular complexity index is 1240. The van der Waals surface area contributed by atoms with Crippen LogP contribution < -0.4 is 20.1 Å². The third-order valence-corrected chi connectivity index (χ3v) is 6.30. The zero-order chi connectivity index (χ0) is 23.3. The van der Waals surface area contributed by atoms with Gasteiger partial charge in [0.15, 0.2) is 0 Å². The molecule has 33 heavy (non-hydrogen) atoms. The number of rotatable bonds is 4. The summed E-state index contributed by atoms with van der Waals surface area (Å²) in [4.78, 5) is 13.7. The van der Waals surface area contributed by atoms with Gasteiger partial charge >= 0.3 is 0 Å². The Morgan fingerprint density at radius 2 is 1.85 bits per heavy atom. The first kappa shape index (κ1) is 21.0. The number of nitrogens with zero attached hydrogens (tertiary/aromatic N) is 2. The van der Waals surface area contributed by atoms with Gasteiger partial charge in [-0.15, -0.1) is 0 Å². The second kappa shape index (κ2) is 7.62. The first-order valence-corrected chi connectivity index (χ1v) is 10.9. The predicted molar refractivity (Wildman–Crippen MR) is 129 cm³/mol. The summed E-state index contributed by atoms with van der Waals surface area (Å²) in [6.45, 7) is 4.25. The Labute approximate surface area is 193 Å². The van der Waals surface area contributed by atoms with Gasteiger partial charge in [-0.25, -0.2) is 5.01 Å². The maximum atomic E-state index is 13.7. The summed E-state index contributed by atoms with van der Waals surface area (Å²) in [5.41, 5.74) is 4.57. The number of hydrogen-bond acceptors (Lipinski definition) is 6. The minimum Gasteiger partial charge on any atom is -0.512 e. The molecule has 2 aromatic rings. The van der Waals surface area contributed by atoms with Crippen LogP contribution in [-0.4, -0.2) is 30.8 Å². The fourth-order valence-electron chi connectivity index (χ4n) is 4.69. The van der Waals surface area contributed by atoms with Crippen LogP contribution in [0.4, 0.5) is 17.1 Å². The van der Waals surface area contributed by atoms with Gasteiger partial charge in [0, 0.05) is 17.6 Å². The first-order chi connectivity index (χ1) is 15.9. The lowest BCUT2D eigenvalue weighted by Crippen LogP contribution is -2.57. The number of amides is 1. The van der Waals surface area contributed by atoms with Crippen LogP contribution in [0.5, 0.6) is 5.75 Å². The predicted octanol–water partition coefficient (Wildman–Crippen LogP) is 4.93. The van der Waals surface area contributed by atoms with Crippen molar-refractivity contribution >= 4 is 28.5 Å². The monoisotopic (exact) mass is 445 g/mol. The lowest BCUT2D eigenvalue weighted by atomic mass is 9.92. The number of ether oxygens (including phenoxy) is 2. The molecule has 0 atom stereocenters. The third-order valence-electron chi connectivity index (χ3n) is 6.30. The van der Waals surface area contributed by atoms with E-state index in [4.69, 9.17) is 9.47 Å². The topological polar surface area (TPSA) is 74.3 Å². The van der Waals surface area contributed by atoms with E-state index in [-0.39, 0.29) is 11.7 Å². The van der Waals surface area contributed by atoms with E-state index >= 15 is 0 Å². The van der Waals surface area contributed by atoms with Gasteiger partial charge in [-0.05, 0) is 55.8 Å². The van der Waals surface area contributed by atoms with Gasteiger partial charge in [0.2, 0.25) is 0 Å². The summed E-state index contributed by atoms with van der Waals surface area (Å²) in [6, 6.07) is 11.8. The number of carbonyl (C=O) groups is 1. The van der Waals surface area contributed by atoms with Gasteiger partial charge in [-0.1, -0.05) is 18.2 Å². The maximum absolute atomic E-state index is 13.7. The van der Waals surface area contributed by atoms with Crippen molar-refractivity contribution in [3.8, 4) is 5.75 Å². The molecule has 0 bridgehead atoms. The molecule has 3 aliphatic rings. The number of methoxy groups -OCH3 is 2. The normalized spacial score (nSPS) is 18.5. The zero-order valence-electron chi connectivity index (χ0n) is 19.2. The molecule has 0 saturated heterocycles. The van der Waals surface area contributed by atoms with Crippen molar-refractivity contribution in [3.63, 3.8) is 0 Å². The number of anilines is 3. The van der Waals surface area contributed by atoms with Crippen LogP contribution in [0.3, 0.4) is 0 Å². The fraction of sp³-hybridized carbons (Fsp3) is 0.269. The van der Waals surface area contributed by atoms with E-state index in [0.29, 0.717) is 24.5 Å². The molecule has 1 aliphatic carbocycles. The molecule has 0 spiro atoms. The van der Waals surface area contributed by atoms with Gasteiger partial charge in [0.05, 0.1) is 37.9 Å². The molecule has 7 heteroatoms. The van der Waals surface area contributed by atoms with E-state index in [1.807, 2.05) is 67.4 Å². The number of aliphatic hydroxyl groups is 1. The summed E-state index contributed by atoms with van der Waals surface area (Å²) in [5.74, 6) is 1.59. The number of para-hydroxylation sites is 2. The number of aliphatic hydroxyl groups excluding tert-OH is 1. The highest BCUT2D eigenvalue weighted by molar-refractivity contribution is 6.12. The average molecular weight is 446 g/mol. The highest BCUT2D eigenvalue weighted by Gasteiger charge is 2.47. The van der Waals surface area contributed by atoms with Crippen LogP contribution in [0.25, 0.3) is 5.57 Å². The molecule has 0 radical (unpaired) electrons. The Kier molecular flexibility index (Phi) is 4.85. The molecule has 5 rings (SSSR count). The molecule has 170 valence electrons. The second-order valence-electron chi connectivity index (χ2n) is 8.80. The van der Waals surface area contributed by atoms with E-state index in [2.05, 4.69) is 5.32 Å². The summed E-state index contributed by atoms with van der Waals surface area (Å²) in [7, 11) is 3.26. The SMILES string of the molecule is COC1=CCC(O)=CC=C1c1ccc2c3c1CN(c1ccccc1OC)N3C(=O)C(C)(C)N2. The fourth-order valence-corrected chi connectivity index (χ4v) is 4.69. The van der Waals surface area contributed by atoms with Crippen LogP contribution in [0.2, 0.25) is 0 Å². The molecular formula is C26H27N3O4. The smallest absolute Gasteiger partial charge is 0.270 e. The number of hydrazine groups is 1. The lowest BCUT2D eigenvalue weighted by Gasteiger charge is -2.41. The summed E-state index contributed by atoms with van der Waals surface area (Å²) in [5, 5.41) is 17.2. The minimum absolute atomic E-state index is 0.0494. The van der Waals surface area contributed by atoms with Crippen molar-refractivity contribution in [2.45, 2.75) is 32.4 Å².